The summed E-state index contributed by atoms with van der Waals surface area (Å²) in [5, 5.41) is 0. The van der Waals surface area contributed by atoms with Gasteiger partial charge in [-0.1, -0.05) is 31.2 Å². The summed E-state index contributed by atoms with van der Waals surface area (Å²) in [5.74, 6) is 0. The molecule has 0 bridgehead atoms. The fraction of sp³-hybridized carbons (Fsp3) is 0.250. The number of oxazole rings is 1. The Morgan fingerprint density at radius 3 is 3.00 bits per heavy atom. The van der Waals surface area contributed by atoms with Crippen LogP contribution in [0, 0.1) is 0 Å². The maximum atomic E-state index is 6.06. The third-order valence-electron chi connectivity index (χ3n) is 2.49. The molecule has 0 aliphatic heterocycles. The Bertz CT molecular complexity index is 423. The van der Waals surface area contributed by atoms with E-state index < -0.39 is 0 Å². The van der Waals surface area contributed by atoms with Crippen LogP contribution < -0.4 is 5.73 Å². The van der Waals surface area contributed by atoms with Crippen molar-refractivity contribution in [3.05, 3.63) is 53.7 Å². The van der Waals surface area contributed by atoms with Crippen molar-refractivity contribution in [2.45, 2.75) is 19.4 Å². The van der Waals surface area contributed by atoms with Crippen molar-refractivity contribution in [1.29, 1.82) is 0 Å². The van der Waals surface area contributed by atoms with Gasteiger partial charge >= 0.3 is 0 Å². The first-order chi connectivity index (χ1) is 7.31. The van der Waals surface area contributed by atoms with Gasteiger partial charge in [-0.2, -0.15) is 0 Å². The summed E-state index contributed by atoms with van der Waals surface area (Å²) in [7, 11) is 0. The summed E-state index contributed by atoms with van der Waals surface area (Å²) in [4.78, 5) is 4.06. The van der Waals surface area contributed by atoms with Gasteiger partial charge in [-0.05, 0) is 17.5 Å². The Morgan fingerprint density at radius 1 is 1.47 bits per heavy atom. The highest BCUT2D eigenvalue weighted by atomic mass is 16.3. The number of aromatic nitrogens is 1. The summed E-state index contributed by atoms with van der Waals surface area (Å²) >= 11 is 0. The lowest BCUT2D eigenvalue weighted by Crippen LogP contribution is -2.12. The molecule has 15 heavy (non-hydrogen) atoms. The van der Waals surface area contributed by atoms with Gasteiger partial charge in [-0.15, -0.1) is 0 Å². The first kappa shape index (κ1) is 9.93. The predicted octanol–water partition coefficient (Wildman–Crippen LogP) is 2.29. The molecule has 0 saturated heterocycles. The highest BCUT2D eigenvalue weighted by molar-refractivity contribution is 5.30. The van der Waals surface area contributed by atoms with E-state index in [0.717, 1.165) is 17.7 Å². The van der Waals surface area contributed by atoms with Crippen LogP contribution in [0.3, 0.4) is 0 Å². The van der Waals surface area contributed by atoms with Crippen molar-refractivity contribution in [1.82, 2.24) is 4.98 Å². The lowest BCUT2D eigenvalue weighted by atomic mass is 10.0. The van der Waals surface area contributed by atoms with Gasteiger partial charge in [-0.3, -0.25) is 0 Å². The Labute approximate surface area is 88.9 Å². The van der Waals surface area contributed by atoms with Crippen molar-refractivity contribution in [2.24, 2.45) is 5.73 Å². The molecule has 0 radical (unpaired) electrons. The highest BCUT2D eigenvalue weighted by Gasteiger charge is 2.11. The zero-order valence-corrected chi connectivity index (χ0v) is 8.68. The Kier molecular flexibility index (Phi) is 2.83. The SMILES string of the molecule is CCc1cccc(C(N)c2cocn2)c1. The second kappa shape index (κ2) is 4.28. The number of rotatable bonds is 3. The molecule has 3 nitrogen and oxygen atoms in total. The zero-order valence-electron chi connectivity index (χ0n) is 8.68. The average molecular weight is 202 g/mol. The zero-order chi connectivity index (χ0) is 10.7. The fourth-order valence-electron chi connectivity index (χ4n) is 1.55. The predicted molar refractivity (Wildman–Crippen MR) is 58.4 cm³/mol. The molecule has 2 N–H and O–H groups in total. The van der Waals surface area contributed by atoms with E-state index in [1.807, 2.05) is 12.1 Å². The van der Waals surface area contributed by atoms with E-state index >= 15 is 0 Å². The maximum absolute atomic E-state index is 6.06. The fourth-order valence-corrected chi connectivity index (χ4v) is 1.55. The van der Waals surface area contributed by atoms with Crippen molar-refractivity contribution >= 4 is 0 Å². The van der Waals surface area contributed by atoms with E-state index in [4.69, 9.17) is 10.2 Å². The molecule has 0 aliphatic carbocycles. The second-order valence-electron chi connectivity index (χ2n) is 3.49. The van der Waals surface area contributed by atoms with Crippen LogP contribution in [-0.4, -0.2) is 4.98 Å². The van der Waals surface area contributed by atoms with Gasteiger partial charge in [0.2, 0.25) is 0 Å². The summed E-state index contributed by atoms with van der Waals surface area (Å²) < 4.78 is 4.92. The molecule has 78 valence electrons. The lowest BCUT2D eigenvalue weighted by molar-refractivity contribution is 0.555. The smallest absolute Gasteiger partial charge is 0.180 e. The minimum atomic E-state index is -0.199. The molecule has 1 aromatic heterocycles. The highest BCUT2D eigenvalue weighted by Crippen LogP contribution is 2.18. The van der Waals surface area contributed by atoms with Gasteiger partial charge < -0.3 is 10.2 Å². The van der Waals surface area contributed by atoms with Gasteiger partial charge in [0.1, 0.15) is 12.0 Å². The van der Waals surface area contributed by atoms with E-state index in [-0.39, 0.29) is 6.04 Å². The molecule has 1 heterocycles. The van der Waals surface area contributed by atoms with Crippen molar-refractivity contribution in [3.63, 3.8) is 0 Å². The Morgan fingerprint density at radius 2 is 2.33 bits per heavy atom. The van der Waals surface area contributed by atoms with Crippen LogP contribution >= 0.6 is 0 Å². The van der Waals surface area contributed by atoms with Crippen LogP contribution in [0.4, 0.5) is 0 Å². The molecular formula is C12H14N2O. The second-order valence-corrected chi connectivity index (χ2v) is 3.49. The minimum Gasteiger partial charge on any atom is -0.451 e. The van der Waals surface area contributed by atoms with E-state index in [0.29, 0.717) is 0 Å². The van der Waals surface area contributed by atoms with E-state index in [1.165, 1.54) is 12.0 Å². The van der Waals surface area contributed by atoms with Crippen molar-refractivity contribution in [3.8, 4) is 0 Å². The largest absolute Gasteiger partial charge is 0.451 e. The monoisotopic (exact) mass is 202 g/mol. The molecule has 0 fully saturated rings. The molecule has 1 atom stereocenters. The molecule has 1 unspecified atom stereocenters. The number of nitrogens with two attached hydrogens (primary N) is 1. The van der Waals surface area contributed by atoms with Crippen molar-refractivity contribution < 1.29 is 4.42 Å². The molecule has 0 aliphatic rings. The summed E-state index contributed by atoms with van der Waals surface area (Å²) in [6, 6.07) is 8.04. The van der Waals surface area contributed by atoms with Gasteiger partial charge in [0, 0.05) is 0 Å². The molecule has 3 heteroatoms. The summed E-state index contributed by atoms with van der Waals surface area (Å²) in [5.41, 5.74) is 9.18. The number of hydrogen-bond acceptors (Lipinski definition) is 3. The van der Waals surface area contributed by atoms with Gasteiger partial charge in [0.05, 0.1) is 6.04 Å². The number of nitrogens with zero attached hydrogens (tertiary/aromatic N) is 1. The summed E-state index contributed by atoms with van der Waals surface area (Å²) in [6.07, 6.45) is 4.00. The third-order valence-corrected chi connectivity index (χ3v) is 2.49. The first-order valence-corrected chi connectivity index (χ1v) is 5.03. The van der Waals surface area contributed by atoms with Crippen LogP contribution in [0.2, 0.25) is 0 Å². The molecular weight excluding hydrogens is 188 g/mol. The maximum Gasteiger partial charge on any atom is 0.180 e. The summed E-state index contributed by atoms with van der Waals surface area (Å²) in [6.45, 7) is 2.13. The van der Waals surface area contributed by atoms with Crippen LogP contribution in [0.5, 0.6) is 0 Å². The van der Waals surface area contributed by atoms with Gasteiger partial charge in [0.25, 0.3) is 0 Å². The van der Waals surface area contributed by atoms with E-state index in [1.54, 1.807) is 6.26 Å². The molecule has 1 aromatic carbocycles. The van der Waals surface area contributed by atoms with Crippen LogP contribution in [-0.2, 0) is 6.42 Å². The van der Waals surface area contributed by atoms with E-state index in [9.17, 15) is 0 Å². The Balaban J connectivity index is 2.29. The number of benzene rings is 1. The quantitative estimate of drug-likeness (QED) is 0.830. The molecule has 0 spiro atoms. The molecule has 2 aromatic rings. The average Bonchev–Trinajstić information content (AvgIpc) is 2.81. The normalized spacial score (nSPS) is 12.7. The van der Waals surface area contributed by atoms with Crippen LogP contribution in [0.25, 0.3) is 0 Å². The minimum absolute atomic E-state index is 0.199. The first-order valence-electron chi connectivity index (χ1n) is 5.03. The molecule has 0 saturated carbocycles. The number of hydrogen-bond donors (Lipinski definition) is 1. The number of aryl methyl sites for hydroxylation is 1. The van der Waals surface area contributed by atoms with Crippen LogP contribution in [0.15, 0.2) is 41.3 Å². The topological polar surface area (TPSA) is 52.0 Å². The Hall–Kier alpha value is -1.61. The molecule has 0 amide bonds. The van der Waals surface area contributed by atoms with Gasteiger partial charge in [-0.25, -0.2) is 4.98 Å². The molecule has 2 rings (SSSR count). The van der Waals surface area contributed by atoms with Gasteiger partial charge in [0.15, 0.2) is 6.39 Å². The van der Waals surface area contributed by atoms with Crippen molar-refractivity contribution in [2.75, 3.05) is 0 Å². The van der Waals surface area contributed by atoms with E-state index in [2.05, 4.69) is 24.0 Å². The standard InChI is InChI=1S/C12H14N2O/c1-2-9-4-3-5-10(6-9)12(13)11-7-15-8-14-11/h3-8,12H,2,13H2,1H3. The lowest BCUT2D eigenvalue weighted by Gasteiger charge is -2.09. The third kappa shape index (κ3) is 2.07. The van der Waals surface area contributed by atoms with Crippen LogP contribution in [0.1, 0.15) is 29.8 Å².